The highest BCUT2D eigenvalue weighted by molar-refractivity contribution is 5.89. The fourth-order valence-corrected chi connectivity index (χ4v) is 3.75. The van der Waals surface area contributed by atoms with Crippen molar-refractivity contribution in [3.63, 3.8) is 0 Å². The number of hydrogen-bond donors (Lipinski definition) is 1. The number of rotatable bonds is 4. The van der Waals surface area contributed by atoms with Crippen molar-refractivity contribution >= 4 is 11.8 Å². The van der Waals surface area contributed by atoms with Crippen molar-refractivity contribution in [3.8, 4) is 0 Å². The average molecular weight is 294 g/mol. The van der Waals surface area contributed by atoms with E-state index in [4.69, 9.17) is 0 Å². The molecule has 1 saturated heterocycles. The van der Waals surface area contributed by atoms with Gasteiger partial charge in [0.15, 0.2) is 0 Å². The second-order valence-corrected chi connectivity index (χ2v) is 8.47. The summed E-state index contributed by atoms with van der Waals surface area (Å²) in [6.45, 7) is 14.1. The first kappa shape index (κ1) is 16.3. The minimum absolute atomic E-state index is 0.0379. The summed E-state index contributed by atoms with van der Waals surface area (Å²) in [6, 6.07) is -0.258. The number of amides is 2. The second kappa shape index (κ2) is 5.29. The third-order valence-corrected chi connectivity index (χ3v) is 5.03. The lowest BCUT2D eigenvalue weighted by Gasteiger charge is -2.32. The Balaban J connectivity index is 2.11. The van der Waals surface area contributed by atoms with Gasteiger partial charge in [0.1, 0.15) is 6.04 Å². The molecule has 0 spiro atoms. The molecule has 3 atom stereocenters. The molecule has 2 fully saturated rings. The lowest BCUT2D eigenvalue weighted by Crippen LogP contribution is -2.50. The van der Waals surface area contributed by atoms with Gasteiger partial charge in [-0.2, -0.15) is 0 Å². The third-order valence-electron chi connectivity index (χ3n) is 5.03. The number of fused-ring (bicyclic) bond motifs is 1. The van der Waals surface area contributed by atoms with Crippen molar-refractivity contribution in [1.29, 1.82) is 0 Å². The Morgan fingerprint density at radius 3 is 2.43 bits per heavy atom. The molecule has 2 aliphatic rings. The maximum absolute atomic E-state index is 12.6. The Morgan fingerprint density at radius 1 is 1.29 bits per heavy atom. The van der Waals surface area contributed by atoms with E-state index >= 15 is 0 Å². The lowest BCUT2D eigenvalue weighted by atomic mass is 9.91. The number of nitrogens with zero attached hydrogens (tertiary/aromatic N) is 1. The zero-order chi connectivity index (χ0) is 16.0. The predicted octanol–water partition coefficient (Wildman–Crippen LogP) is 2.43. The molecule has 0 unspecified atom stereocenters. The van der Waals surface area contributed by atoms with Gasteiger partial charge in [-0.3, -0.25) is 9.59 Å². The first-order chi connectivity index (χ1) is 9.59. The summed E-state index contributed by atoms with van der Waals surface area (Å²) < 4.78 is 0. The molecule has 4 nitrogen and oxygen atoms in total. The predicted molar refractivity (Wildman–Crippen MR) is 83.6 cm³/mol. The minimum atomic E-state index is -0.258. The Labute approximate surface area is 128 Å². The van der Waals surface area contributed by atoms with Crippen LogP contribution in [0.4, 0.5) is 0 Å². The second-order valence-electron chi connectivity index (χ2n) is 8.47. The van der Waals surface area contributed by atoms with Gasteiger partial charge < -0.3 is 10.2 Å². The van der Waals surface area contributed by atoms with E-state index in [1.54, 1.807) is 0 Å². The molecule has 0 aromatic carbocycles. The minimum Gasteiger partial charge on any atom is -0.354 e. The van der Waals surface area contributed by atoms with Crippen LogP contribution in [-0.2, 0) is 9.59 Å². The molecule has 120 valence electrons. The van der Waals surface area contributed by atoms with E-state index in [0.717, 1.165) is 13.0 Å². The van der Waals surface area contributed by atoms with Crippen LogP contribution in [0.1, 0.15) is 54.4 Å². The average Bonchev–Trinajstić information content (AvgIpc) is 2.75. The van der Waals surface area contributed by atoms with Crippen LogP contribution >= 0.6 is 0 Å². The van der Waals surface area contributed by atoms with Gasteiger partial charge in [-0.25, -0.2) is 0 Å². The molecule has 0 aromatic heterocycles. The quantitative estimate of drug-likeness (QED) is 0.865. The smallest absolute Gasteiger partial charge is 0.243 e. The van der Waals surface area contributed by atoms with Crippen LogP contribution in [0.25, 0.3) is 0 Å². The van der Waals surface area contributed by atoms with Gasteiger partial charge in [0.2, 0.25) is 11.8 Å². The fraction of sp³-hybridized carbons (Fsp3) is 0.882. The van der Waals surface area contributed by atoms with E-state index in [-0.39, 0.29) is 28.7 Å². The van der Waals surface area contributed by atoms with Crippen molar-refractivity contribution in [2.24, 2.45) is 22.7 Å². The zero-order valence-corrected chi connectivity index (χ0v) is 14.3. The SMILES string of the molecule is CCCNC(=O)[C@@H]1[C@@H]2[C@H](CN1C(=O)CC(C)(C)C)C2(C)C. The Bertz CT molecular complexity index is 437. The van der Waals surface area contributed by atoms with Gasteiger partial charge in [-0.1, -0.05) is 41.5 Å². The van der Waals surface area contributed by atoms with Crippen LogP contribution in [0.3, 0.4) is 0 Å². The van der Waals surface area contributed by atoms with E-state index < -0.39 is 0 Å². The van der Waals surface area contributed by atoms with Crippen LogP contribution in [0, 0.1) is 22.7 Å². The molecule has 1 heterocycles. The van der Waals surface area contributed by atoms with E-state index in [2.05, 4.69) is 39.9 Å². The van der Waals surface area contributed by atoms with Gasteiger partial charge in [0.25, 0.3) is 0 Å². The number of carbonyl (C=O) groups is 2. The maximum Gasteiger partial charge on any atom is 0.243 e. The van der Waals surface area contributed by atoms with Gasteiger partial charge in [0.05, 0.1) is 0 Å². The first-order valence-corrected chi connectivity index (χ1v) is 8.16. The summed E-state index contributed by atoms with van der Waals surface area (Å²) >= 11 is 0. The van der Waals surface area contributed by atoms with Gasteiger partial charge >= 0.3 is 0 Å². The monoisotopic (exact) mass is 294 g/mol. The number of likely N-dealkylation sites (tertiary alicyclic amines) is 1. The van der Waals surface area contributed by atoms with Gasteiger partial charge in [-0.05, 0) is 29.1 Å². The molecular weight excluding hydrogens is 264 g/mol. The molecule has 0 radical (unpaired) electrons. The van der Waals surface area contributed by atoms with Crippen molar-refractivity contribution in [2.45, 2.75) is 60.4 Å². The summed E-state index contributed by atoms with van der Waals surface area (Å²) in [4.78, 5) is 26.9. The van der Waals surface area contributed by atoms with Crippen LogP contribution in [-0.4, -0.2) is 35.8 Å². The molecule has 1 N–H and O–H groups in total. The van der Waals surface area contributed by atoms with E-state index in [9.17, 15) is 9.59 Å². The molecule has 1 saturated carbocycles. The molecule has 0 aromatic rings. The van der Waals surface area contributed by atoms with Gasteiger partial charge in [0, 0.05) is 19.5 Å². The summed E-state index contributed by atoms with van der Waals surface area (Å²) in [6.07, 6.45) is 1.43. The fourth-order valence-electron chi connectivity index (χ4n) is 3.75. The van der Waals surface area contributed by atoms with Gasteiger partial charge in [-0.15, -0.1) is 0 Å². The molecule has 2 amide bonds. The summed E-state index contributed by atoms with van der Waals surface area (Å²) in [5.41, 5.74) is 0.163. The first-order valence-electron chi connectivity index (χ1n) is 8.16. The molecule has 1 aliphatic carbocycles. The van der Waals surface area contributed by atoms with Crippen LogP contribution in [0.15, 0.2) is 0 Å². The van der Waals surface area contributed by atoms with Crippen molar-refractivity contribution < 1.29 is 9.59 Å². The Morgan fingerprint density at radius 2 is 1.90 bits per heavy atom. The molecule has 21 heavy (non-hydrogen) atoms. The number of nitrogens with one attached hydrogen (secondary N) is 1. The number of carbonyl (C=O) groups excluding carboxylic acids is 2. The molecule has 4 heteroatoms. The maximum atomic E-state index is 12.6. The standard InChI is InChI=1S/C17H30N2O2/c1-7-8-18-15(21)14-13-11(17(13,5)6)10-19(14)12(20)9-16(2,3)4/h11,13-14H,7-10H2,1-6H3,(H,18,21)/t11-,13-,14-/m0/s1. The highest BCUT2D eigenvalue weighted by Gasteiger charge is 2.69. The van der Waals surface area contributed by atoms with Crippen LogP contribution in [0.5, 0.6) is 0 Å². The van der Waals surface area contributed by atoms with E-state index in [1.165, 1.54) is 0 Å². The Kier molecular flexibility index (Phi) is 4.11. The normalized spacial score (nSPS) is 30.0. The van der Waals surface area contributed by atoms with Crippen LogP contribution < -0.4 is 5.32 Å². The largest absolute Gasteiger partial charge is 0.354 e. The Hall–Kier alpha value is -1.06. The van der Waals surface area contributed by atoms with Crippen molar-refractivity contribution in [3.05, 3.63) is 0 Å². The van der Waals surface area contributed by atoms with E-state index in [1.807, 2.05) is 11.8 Å². The summed E-state index contributed by atoms with van der Waals surface area (Å²) in [7, 11) is 0. The summed E-state index contributed by atoms with van der Waals surface area (Å²) in [5, 5.41) is 2.98. The number of hydrogen-bond acceptors (Lipinski definition) is 2. The van der Waals surface area contributed by atoms with Crippen LogP contribution in [0.2, 0.25) is 0 Å². The molecule has 1 aliphatic heterocycles. The zero-order valence-electron chi connectivity index (χ0n) is 14.3. The highest BCUT2D eigenvalue weighted by atomic mass is 16.2. The molecular formula is C17H30N2O2. The van der Waals surface area contributed by atoms with Crippen molar-refractivity contribution in [2.75, 3.05) is 13.1 Å². The molecule has 0 bridgehead atoms. The number of piperidine rings is 1. The molecule has 2 rings (SSSR count). The van der Waals surface area contributed by atoms with E-state index in [0.29, 0.717) is 24.8 Å². The summed E-state index contributed by atoms with van der Waals surface area (Å²) in [5.74, 6) is 0.983. The topological polar surface area (TPSA) is 49.4 Å². The van der Waals surface area contributed by atoms with Crippen molar-refractivity contribution in [1.82, 2.24) is 10.2 Å². The third kappa shape index (κ3) is 3.09. The highest BCUT2D eigenvalue weighted by Crippen LogP contribution is 2.64. The lowest BCUT2D eigenvalue weighted by molar-refractivity contribution is -0.141.